The molecule has 26 heavy (non-hydrogen) atoms. The second kappa shape index (κ2) is 7.03. The minimum Gasteiger partial charge on any atom is -0.496 e. The molecule has 0 radical (unpaired) electrons. The zero-order valence-electron chi connectivity index (χ0n) is 14.6. The van der Waals surface area contributed by atoms with Crippen molar-refractivity contribution >= 4 is 17.5 Å². The van der Waals surface area contributed by atoms with Crippen LogP contribution in [0.5, 0.6) is 5.75 Å². The summed E-state index contributed by atoms with van der Waals surface area (Å²) in [4.78, 5) is 14.8. The number of ether oxygens (including phenoxy) is 1. The largest absolute Gasteiger partial charge is 0.496 e. The van der Waals surface area contributed by atoms with Gasteiger partial charge in [-0.15, -0.1) is 10.2 Å². The van der Waals surface area contributed by atoms with E-state index in [1.165, 1.54) is 0 Å². The van der Waals surface area contributed by atoms with Gasteiger partial charge in [0, 0.05) is 25.3 Å². The van der Waals surface area contributed by atoms with E-state index < -0.39 is 0 Å². The quantitative estimate of drug-likeness (QED) is 0.780. The monoisotopic (exact) mass is 351 g/mol. The summed E-state index contributed by atoms with van der Waals surface area (Å²) in [6.07, 6.45) is 3.70. The summed E-state index contributed by atoms with van der Waals surface area (Å²) in [5, 5.41) is 11.6. The Morgan fingerprint density at radius 2 is 1.88 bits per heavy atom. The number of methoxy groups -OCH3 is 1. The summed E-state index contributed by atoms with van der Waals surface area (Å²) in [7, 11) is 1.58. The highest BCUT2D eigenvalue weighted by atomic mass is 16.5. The lowest BCUT2D eigenvalue weighted by molar-refractivity contribution is 0.0928. The molecule has 7 heteroatoms. The van der Waals surface area contributed by atoms with Gasteiger partial charge in [-0.1, -0.05) is 18.2 Å². The normalized spacial score (nSPS) is 15.2. The molecule has 1 aliphatic heterocycles. The van der Waals surface area contributed by atoms with Crippen molar-refractivity contribution in [3.8, 4) is 5.75 Å². The highest BCUT2D eigenvalue weighted by molar-refractivity contribution is 5.97. The molecule has 1 fully saturated rings. The van der Waals surface area contributed by atoms with Gasteiger partial charge in [0.2, 0.25) is 5.95 Å². The zero-order chi connectivity index (χ0) is 17.9. The van der Waals surface area contributed by atoms with Gasteiger partial charge in [-0.05, 0) is 37.1 Å². The molecule has 0 atom stereocenters. The van der Waals surface area contributed by atoms with Gasteiger partial charge in [-0.2, -0.15) is 0 Å². The van der Waals surface area contributed by atoms with E-state index in [4.69, 9.17) is 4.74 Å². The number of hydrogen-bond acceptors (Lipinski definition) is 5. The van der Waals surface area contributed by atoms with Crippen LogP contribution in [0.4, 0.5) is 5.95 Å². The van der Waals surface area contributed by atoms with Crippen LogP contribution in [0.15, 0.2) is 48.7 Å². The lowest BCUT2D eigenvalue weighted by atomic mass is 10.0. The van der Waals surface area contributed by atoms with Gasteiger partial charge in [0.05, 0.1) is 12.7 Å². The third-order valence-corrected chi connectivity index (χ3v) is 4.76. The van der Waals surface area contributed by atoms with E-state index in [9.17, 15) is 4.79 Å². The molecule has 0 bridgehead atoms. The molecule has 7 nitrogen and oxygen atoms in total. The number of carbonyl (C=O) groups excluding carboxylic acids is 1. The van der Waals surface area contributed by atoms with E-state index in [0.717, 1.165) is 37.5 Å². The Kier molecular flexibility index (Phi) is 4.43. The molecular formula is C19H21N5O2. The van der Waals surface area contributed by atoms with E-state index in [0.29, 0.717) is 11.3 Å². The predicted octanol–water partition coefficient (Wildman–Crippen LogP) is 2.14. The highest BCUT2D eigenvalue weighted by Gasteiger charge is 2.24. The van der Waals surface area contributed by atoms with E-state index in [-0.39, 0.29) is 11.9 Å². The van der Waals surface area contributed by atoms with Crippen LogP contribution < -0.4 is 15.0 Å². The number of pyridine rings is 1. The summed E-state index contributed by atoms with van der Waals surface area (Å²) >= 11 is 0. The standard InChI is InChI=1S/C19H21N5O2/c1-26-16-7-3-2-6-15(16)18(25)20-14-9-12-23(13-10-14)19-22-21-17-8-4-5-11-24(17)19/h2-8,11,14H,9-10,12-13H2,1H3,(H,20,25). The number of benzene rings is 1. The second-order valence-electron chi connectivity index (χ2n) is 6.36. The van der Waals surface area contributed by atoms with Crippen LogP contribution in [-0.4, -0.2) is 46.7 Å². The Balaban J connectivity index is 1.40. The molecule has 1 amide bonds. The highest BCUT2D eigenvalue weighted by Crippen LogP contribution is 2.21. The van der Waals surface area contributed by atoms with Crippen LogP contribution >= 0.6 is 0 Å². The maximum Gasteiger partial charge on any atom is 0.255 e. The van der Waals surface area contributed by atoms with Crippen LogP contribution in [0, 0.1) is 0 Å². The number of rotatable bonds is 4. The summed E-state index contributed by atoms with van der Waals surface area (Å²) < 4.78 is 7.27. The van der Waals surface area contributed by atoms with Crippen LogP contribution in [0.2, 0.25) is 0 Å². The number of carbonyl (C=O) groups is 1. The van der Waals surface area contributed by atoms with Gasteiger partial charge < -0.3 is 15.0 Å². The van der Waals surface area contributed by atoms with Crippen molar-refractivity contribution in [3.63, 3.8) is 0 Å². The molecule has 2 aromatic heterocycles. The molecule has 1 N–H and O–H groups in total. The van der Waals surface area contributed by atoms with Crippen molar-refractivity contribution in [3.05, 3.63) is 54.2 Å². The van der Waals surface area contributed by atoms with Crippen molar-refractivity contribution in [1.82, 2.24) is 19.9 Å². The molecule has 4 rings (SSSR count). The fraction of sp³-hybridized carbons (Fsp3) is 0.316. The SMILES string of the molecule is COc1ccccc1C(=O)NC1CCN(c2nnc3ccccn23)CC1. The average molecular weight is 351 g/mol. The van der Waals surface area contributed by atoms with E-state index in [1.54, 1.807) is 19.2 Å². The molecular weight excluding hydrogens is 330 g/mol. The Bertz CT molecular complexity index is 915. The van der Waals surface area contributed by atoms with E-state index in [2.05, 4.69) is 20.4 Å². The Labute approximate surface area is 151 Å². The van der Waals surface area contributed by atoms with Gasteiger partial charge in [0.15, 0.2) is 5.65 Å². The molecule has 0 saturated carbocycles. The van der Waals surface area contributed by atoms with Gasteiger partial charge in [-0.3, -0.25) is 9.20 Å². The minimum absolute atomic E-state index is 0.0890. The molecule has 3 heterocycles. The fourth-order valence-corrected chi connectivity index (χ4v) is 3.36. The molecule has 1 aliphatic rings. The average Bonchev–Trinajstić information content (AvgIpc) is 3.12. The summed E-state index contributed by atoms with van der Waals surface area (Å²) in [6.45, 7) is 1.65. The fourth-order valence-electron chi connectivity index (χ4n) is 3.36. The maximum atomic E-state index is 12.5. The van der Waals surface area contributed by atoms with Crippen LogP contribution in [0.25, 0.3) is 5.65 Å². The third-order valence-electron chi connectivity index (χ3n) is 4.76. The zero-order valence-corrected chi connectivity index (χ0v) is 14.6. The van der Waals surface area contributed by atoms with Crippen LogP contribution in [0.1, 0.15) is 23.2 Å². The number of para-hydroxylation sites is 1. The van der Waals surface area contributed by atoms with Crippen molar-refractivity contribution in [2.24, 2.45) is 0 Å². The smallest absolute Gasteiger partial charge is 0.255 e. The van der Waals surface area contributed by atoms with Gasteiger partial charge >= 0.3 is 0 Å². The molecule has 0 aliphatic carbocycles. The molecule has 1 aromatic carbocycles. The first-order chi connectivity index (χ1) is 12.8. The number of anilines is 1. The first-order valence-electron chi connectivity index (χ1n) is 8.75. The number of aromatic nitrogens is 3. The minimum atomic E-state index is -0.0890. The summed E-state index contributed by atoms with van der Waals surface area (Å²) in [6, 6.07) is 13.3. The van der Waals surface area contributed by atoms with Gasteiger partial charge in [0.25, 0.3) is 5.91 Å². The molecule has 0 spiro atoms. The number of nitrogens with one attached hydrogen (secondary N) is 1. The van der Waals surface area contributed by atoms with E-state index in [1.807, 2.05) is 40.9 Å². The van der Waals surface area contributed by atoms with Crippen molar-refractivity contribution in [2.45, 2.75) is 18.9 Å². The molecule has 1 saturated heterocycles. The summed E-state index contributed by atoms with van der Waals surface area (Å²) in [5.41, 5.74) is 1.41. The first kappa shape index (κ1) is 16.4. The van der Waals surface area contributed by atoms with Crippen LogP contribution in [0.3, 0.4) is 0 Å². The maximum absolute atomic E-state index is 12.5. The molecule has 3 aromatic rings. The van der Waals surface area contributed by atoms with Crippen molar-refractivity contribution in [1.29, 1.82) is 0 Å². The lowest BCUT2D eigenvalue weighted by Gasteiger charge is -2.32. The second-order valence-corrected chi connectivity index (χ2v) is 6.36. The van der Waals surface area contributed by atoms with Crippen LogP contribution in [-0.2, 0) is 0 Å². The number of piperidine rings is 1. The molecule has 134 valence electrons. The topological polar surface area (TPSA) is 71.8 Å². The Hall–Kier alpha value is -3.09. The third kappa shape index (κ3) is 3.08. The first-order valence-corrected chi connectivity index (χ1v) is 8.75. The van der Waals surface area contributed by atoms with Gasteiger partial charge in [-0.25, -0.2) is 0 Å². The van der Waals surface area contributed by atoms with Crippen molar-refractivity contribution < 1.29 is 9.53 Å². The Morgan fingerprint density at radius 3 is 2.69 bits per heavy atom. The number of fused-ring (bicyclic) bond motifs is 1. The summed E-state index contributed by atoms with van der Waals surface area (Å²) in [5.74, 6) is 1.36. The number of hydrogen-bond donors (Lipinski definition) is 1. The van der Waals surface area contributed by atoms with Crippen molar-refractivity contribution in [2.75, 3.05) is 25.1 Å². The number of amides is 1. The Morgan fingerprint density at radius 1 is 1.12 bits per heavy atom. The number of nitrogens with zero attached hydrogens (tertiary/aromatic N) is 4. The molecule has 0 unspecified atom stereocenters. The lowest BCUT2D eigenvalue weighted by Crippen LogP contribution is -2.45. The van der Waals surface area contributed by atoms with E-state index >= 15 is 0 Å². The van der Waals surface area contributed by atoms with Gasteiger partial charge in [0.1, 0.15) is 5.75 Å². The predicted molar refractivity (Wildman–Crippen MR) is 98.7 cm³/mol.